The van der Waals surface area contributed by atoms with E-state index < -0.39 is 6.10 Å². The smallest absolute Gasteiger partial charge is 0.0914 e. The molecule has 0 radical (unpaired) electrons. The number of aliphatic hydroxyl groups is 1. The molecule has 0 saturated heterocycles. The summed E-state index contributed by atoms with van der Waals surface area (Å²) in [6.45, 7) is 1.35. The lowest BCUT2D eigenvalue weighted by atomic mass is 10.0. The van der Waals surface area contributed by atoms with Gasteiger partial charge in [0.1, 0.15) is 0 Å². The zero-order chi connectivity index (χ0) is 18.4. The molecule has 134 valence electrons. The van der Waals surface area contributed by atoms with E-state index >= 15 is 0 Å². The Morgan fingerprint density at radius 1 is 0.885 bits per heavy atom. The molecule has 2 nitrogen and oxygen atoms in total. The fourth-order valence-electron chi connectivity index (χ4n) is 2.83. The van der Waals surface area contributed by atoms with Crippen molar-refractivity contribution in [1.82, 2.24) is 5.32 Å². The van der Waals surface area contributed by atoms with Gasteiger partial charge in [-0.2, -0.15) is 0 Å². The fourth-order valence-corrected chi connectivity index (χ4v) is 3.23. The van der Waals surface area contributed by atoms with Crippen molar-refractivity contribution in [2.75, 3.05) is 13.1 Å². The summed E-state index contributed by atoms with van der Waals surface area (Å²) < 4.78 is 0. The Hall–Kier alpha value is -1.84. The van der Waals surface area contributed by atoms with E-state index in [0.717, 1.165) is 29.7 Å². The van der Waals surface area contributed by atoms with Crippen LogP contribution in [0.2, 0.25) is 10.0 Å². The molecule has 3 aromatic carbocycles. The maximum Gasteiger partial charge on any atom is 0.0914 e. The molecule has 1 atom stereocenters. The minimum Gasteiger partial charge on any atom is -0.387 e. The Balaban J connectivity index is 1.51. The van der Waals surface area contributed by atoms with E-state index in [1.165, 1.54) is 5.56 Å². The fraction of sp³-hybridized carbons (Fsp3) is 0.182. The molecular weight excluding hydrogens is 365 g/mol. The molecule has 26 heavy (non-hydrogen) atoms. The van der Waals surface area contributed by atoms with Gasteiger partial charge in [-0.1, -0.05) is 77.8 Å². The predicted molar refractivity (Wildman–Crippen MR) is 110 cm³/mol. The number of hydrogen-bond acceptors (Lipinski definition) is 2. The van der Waals surface area contributed by atoms with Crippen LogP contribution >= 0.6 is 23.2 Å². The van der Waals surface area contributed by atoms with E-state index in [1.807, 2.05) is 42.5 Å². The Labute approximate surface area is 164 Å². The van der Waals surface area contributed by atoms with Crippen molar-refractivity contribution >= 4 is 23.2 Å². The third-order valence-corrected chi connectivity index (χ3v) is 4.87. The third-order valence-electron chi connectivity index (χ3n) is 4.31. The molecule has 3 aromatic rings. The van der Waals surface area contributed by atoms with Crippen molar-refractivity contribution in [3.63, 3.8) is 0 Å². The number of nitrogens with one attached hydrogen (secondary N) is 1. The summed E-state index contributed by atoms with van der Waals surface area (Å²) in [5.41, 5.74) is 4.15. The highest BCUT2D eigenvalue weighted by molar-refractivity contribution is 6.35. The monoisotopic (exact) mass is 385 g/mol. The summed E-state index contributed by atoms with van der Waals surface area (Å²) >= 11 is 12.3. The van der Waals surface area contributed by atoms with Gasteiger partial charge >= 0.3 is 0 Å². The summed E-state index contributed by atoms with van der Waals surface area (Å²) in [7, 11) is 0. The van der Waals surface area contributed by atoms with E-state index in [2.05, 4.69) is 29.6 Å². The molecule has 0 aliphatic rings. The molecule has 0 bridgehead atoms. The third kappa shape index (κ3) is 5.09. The number of benzene rings is 3. The zero-order valence-electron chi connectivity index (χ0n) is 14.3. The predicted octanol–water partition coefficient (Wildman–Crippen LogP) is 5.53. The average Bonchev–Trinajstić information content (AvgIpc) is 2.68. The van der Waals surface area contributed by atoms with E-state index in [4.69, 9.17) is 23.2 Å². The average molecular weight is 386 g/mol. The first-order valence-electron chi connectivity index (χ1n) is 8.61. The Morgan fingerprint density at radius 3 is 2.35 bits per heavy atom. The highest BCUT2D eigenvalue weighted by Gasteiger charge is 2.07. The summed E-state index contributed by atoms with van der Waals surface area (Å²) in [5.74, 6) is 0. The van der Waals surface area contributed by atoms with Crippen LogP contribution < -0.4 is 5.32 Å². The van der Waals surface area contributed by atoms with Crippen molar-refractivity contribution in [3.05, 3.63) is 94.0 Å². The number of halogens is 2. The molecular formula is C22H21Cl2NO. The molecule has 0 saturated carbocycles. The Morgan fingerprint density at radius 2 is 1.62 bits per heavy atom. The van der Waals surface area contributed by atoms with Crippen LogP contribution in [-0.4, -0.2) is 18.2 Å². The van der Waals surface area contributed by atoms with Crippen LogP contribution in [0.5, 0.6) is 0 Å². The molecule has 1 unspecified atom stereocenters. The van der Waals surface area contributed by atoms with Crippen molar-refractivity contribution in [3.8, 4) is 11.1 Å². The molecule has 0 aromatic heterocycles. The van der Waals surface area contributed by atoms with Crippen LogP contribution in [0.25, 0.3) is 11.1 Å². The van der Waals surface area contributed by atoms with Gasteiger partial charge in [-0.05, 0) is 47.9 Å². The molecule has 2 N–H and O–H groups in total. The molecule has 0 heterocycles. The second-order valence-electron chi connectivity index (χ2n) is 6.20. The van der Waals surface area contributed by atoms with Crippen LogP contribution in [0.4, 0.5) is 0 Å². The molecule has 4 heteroatoms. The summed E-state index contributed by atoms with van der Waals surface area (Å²) in [5, 5.41) is 14.8. The largest absolute Gasteiger partial charge is 0.387 e. The lowest BCUT2D eigenvalue weighted by molar-refractivity contribution is 0.175. The van der Waals surface area contributed by atoms with Gasteiger partial charge < -0.3 is 10.4 Å². The Bertz CT molecular complexity index is 835. The SMILES string of the molecule is OC(CNCCc1ccc(-c2cc(Cl)ccc2Cl)cc1)c1ccccc1. The Kier molecular flexibility index (Phi) is 6.70. The number of aliphatic hydroxyl groups excluding tert-OH is 1. The standard InChI is InChI=1S/C22H21Cl2NO/c23-19-10-11-21(24)20(14-19)17-8-6-16(7-9-17)12-13-25-15-22(26)18-4-2-1-3-5-18/h1-11,14,22,25-26H,12-13,15H2. The van der Waals surface area contributed by atoms with E-state index in [0.29, 0.717) is 16.6 Å². The van der Waals surface area contributed by atoms with Crippen LogP contribution in [0.1, 0.15) is 17.2 Å². The normalized spacial score (nSPS) is 12.1. The maximum atomic E-state index is 10.1. The van der Waals surface area contributed by atoms with Gasteiger partial charge in [-0.25, -0.2) is 0 Å². The summed E-state index contributed by atoms with van der Waals surface area (Å²) in [6, 6.07) is 23.5. The van der Waals surface area contributed by atoms with E-state index in [9.17, 15) is 5.11 Å². The lowest BCUT2D eigenvalue weighted by Gasteiger charge is -2.12. The maximum absolute atomic E-state index is 10.1. The minimum atomic E-state index is -0.483. The van der Waals surface area contributed by atoms with Gasteiger partial charge in [0.05, 0.1) is 6.10 Å². The first kappa shape index (κ1) is 18.9. The quantitative estimate of drug-likeness (QED) is 0.524. The van der Waals surface area contributed by atoms with Crippen molar-refractivity contribution in [2.45, 2.75) is 12.5 Å². The van der Waals surface area contributed by atoms with Gasteiger partial charge in [0.15, 0.2) is 0 Å². The first-order valence-corrected chi connectivity index (χ1v) is 9.37. The summed E-state index contributed by atoms with van der Waals surface area (Å²) in [6.07, 6.45) is 0.411. The molecule has 0 amide bonds. The molecule has 0 aliphatic carbocycles. The van der Waals surface area contributed by atoms with Crippen LogP contribution in [0.3, 0.4) is 0 Å². The van der Waals surface area contributed by atoms with Crippen molar-refractivity contribution in [1.29, 1.82) is 0 Å². The lowest BCUT2D eigenvalue weighted by Crippen LogP contribution is -2.23. The van der Waals surface area contributed by atoms with Gasteiger partial charge in [0.25, 0.3) is 0 Å². The highest BCUT2D eigenvalue weighted by Crippen LogP contribution is 2.30. The number of rotatable bonds is 7. The topological polar surface area (TPSA) is 32.3 Å². The zero-order valence-corrected chi connectivity index (χ0v) is 15.8. The second-order valence-corrected chi connectivity index (χ2v) is 7.05. The molecule has 3 rings (SSSR count). The first-order chi connectivity index (χ1) is 12.6. The second kappa shape index (κ2) is 9.20. The van der Waals surface area contributed by atoms with Gasteiger partial charge in [0, 0.05) is 22.2 Å². The molecule has 0 aliphatic heterocycles. The van der Waals surface area contributed by atoms with Gasteiger partial charge in [-0.3, -0.25) is 0 Å². The highest BCUT2D eigenvalue weighted by atomic mass is 35.5. The van der Waals surface area contributed by atoms with Crippen LogP contribution in [-0.2, 0) is 6.42 Å². The van der Waals surface area contributed by atoms with E-state index in [-0.39, 0.29) is 0 Å². The molecule has 0 spiro atoms. The van der Waals surface area contributed by atoms with Crippen molar-refractivity contribution < 1.29 is 5.11 Å². The summed E-state index contributed by atoms with van der Waals surface area (Å²) in [4.78, 5) is 0. The van der Waals surface area contributed by atoms with Gasteiger partial charge in [-0.15, -0.1) is 0 Å². The van der Waals surface area contributed by atoms with Crippen LogP contribution in [0.15, 0.2) is 72.8 Å². The molecule has 0 fully saturated rings. The van der Waals surface area contributed by atoms with Gasteiger partial charge in [0.2, 0.25) is 0 Å². The van der Waals surface area contributed by atoms with Crippen LogP contribution in [0, 0.1) is 0 Å². The minimum absolute atomic E-state index is 0.483. The van der Waals surface area contributed by atoms with E-state index in [1.54, 1.807) is 6.07 Å². The number of hydrogen-bond donors (Lipinski definition) is 2. The van der Waals surface area contributed by atoms with Crippen molar-refractivity contribution in [2.24, 2.45) is 0 Å².